The Bertz CT molecular complexity index is 598. The zero-order valence-electron chi connectivity index (χ0n) is 10.9. The minimum atomic E-state index is -2.91. The first-order valence-electron chi connectivity index (χ1n) is 6.91. The Morgan fingerprint density at radius 2 is 1.89 bits per heavy atom. The quantitative estimate of drug-likeness (QED) is 0.782. The van der Waals surface area contributed by atoms with Gasteiger partial charge in [-0.1, -0.05) is 6.42 Å². The number of sulfone groups is 1. The highest BCUT2D eigenvalue weighted by Crippen LogP contribution is 2.30. The summed E-state index contributed by atoms with van der Waals surface area (Å²) in [7, 11) is -2.91. The molecule has 1 unspecified atom stereocenters. The molecular formula is C13H19N3O2S. The van der Waals surface area contributed by atoms with Crippen molar-refractivity contribution in [2.24, 2.45) is 0 Å². The molecule has 5 nitrogen and oxygen atoms in total. The van der Waals surface area contributed by atoms with Gasteiger partial charge in [-0.2, -0.15) is 0 Å². The van der Waals surface area contributed by atoms with Crippen LogP contribution in [0.3, 0.4) is 0 Å². The summed E-state index contributed by atoms with van der Waals surface area (Å²) in [5, 5.41) is 0. The fraction of sp³-hybridized carbons (Fsp3) is 0.692. The first-order chi connectivity index (χ1) is 9.05. The van der Waals surface area contributed by atoms with Gasteiger partial charge in [0.2, 0.25) is 0 Å². The zero-order chi connectivity index (χ0) is 13.5. The monoisotopic (exact) mass is 281 g/mol. The third-order valence-electron chi connectivity index (χ3n) is 4.08. The second kappa shape index (κ2) is 4.74. The van der Waals surface area contributed by atoms with Crippen LogP contribution in [-0.4, -0.2) is 29.9 Å². The van der Waals surface area contributed by atoms with Gasteiger partial charge in [-0.3, -0.25) is 0 Å². The molecule has 1 saturated heterocycles. The van der Waals surface area contributed by atoms with E-state index in [9.17, 15) is 8.42 Å². The van der Waals surface area contributed by atoms with Crippen molar-refractivity contribution in [2.75, 3.05) is 17.2 Å². The van der Waals surface area contributed by atoms with Gasteiger partial charge in [0, 0.05) is 17.2 Å². The van der Waals surface area contributed by atoms with Crippen molar-refractivity contribution in [2.45, 2.75) is 44.4 Å². The van der Waals surface area contributed by atoms with E-state index in [1.807, 2.05) is 0 Å². The Kier molecular flexibility index (Phi) is 3.20. The topological polar surface area (TPSA) is 85.9 Å². The molecule has 0 bridgehead atoms. The predicted octanol–water partition coefficient (Wildman–Crippen LogP) is 1.23. The lowest BCUT2D eigenvalue weighted by Crippen LogP contribution is -2.13. The predicted molar refractivity (Wildman–Crippen MR) is 73.7 cm³/mol. The number of anilines is 1. The molecule has 2 aliphatic rings. The number of nitrogen functional groups attached to an aromatic ring is 1. The van der Waals surface area contributed by atoms with E-state index in [1.165, 1.54) is 6.42 Å². The van der Waals surface area contributed by atoms with Crippen molar-refractivity contribution in [3.8, 4) is 0 Å². The Labute approximate surface area is 113 Å². The van der Waals surface area contributed by atoms with Crippen molar-refractivity contribution in [3.05, 3.63) is 17.1 Å². The lowest BCUT2D eigenvalue weighted by Gasteiger charge is -2.13. The molecule has 0 amide bonds. The number of aromatic nitrogens is 2. The van der Waals surface area contributed by atoms with E-state index in [2.05, 4.69) is 9.97 Å². The Hall–Kier alpha value is -1.17. The van der Waals surface area contributed by atoms with Crippen LogP contribution in [0.1, 0.15) is 48.7 Å². The number of aryl methyl sites for hydroxylation is 1. The van der Waals surface area contributed by atoms with Gasteiger partial charge < -0.3 is 5.73 Å². The summed E-state index contributed by atoms with van der Waals surface area (Å²) >= 11 is 0. The van der Waals surface area contributed by atoms with E-state index in [1.54, 1.807) is 0 Å². The molecular weight excluding hydrogens is 262 g/mol. The van der Waals surface area contributed by atoms with Gasteiger partial charge in [0.05, 0.1) is 11.5 Å². The Morgan fingerprint density at radius 1 is 1.11 bits per heavy atom. The summed E-state index contributed by atoms with van der Waals surface area (Å²) in [6.07, 6.45) is 5.98. The summed E-state index contributed by atoms with van der Waals surface area (Å²) in [5.74, 6) is 1.55. The van der Waals surface area contributed by atoms with E-state index >= 15 is 0 Å². The minimum Gasteiger partial charge on any atom is -0.383 e. The highest BCUT2D eigenvalue weighted by Gasteiger charge is 2.31. The fourth-order valence-electron chi connectivity index (χ4n) is 3.00. The number of nitrogens with two attached hydrogens (primary N) is 1. The molecule has 1 aliphatic carbocycles. The van der Waals surface area contributed by atoms with Crippen LogP contribution in [0.4, 0.5) is 5.82 Å². The largest absolute Gasteiger partial charge is 0.383 e. The molecule has 2 N–H and O–H groups in total. The zero-order valence-corrected chi connectivity index (χ0v) is 11.7. The maximum absolute atomic E-state index is 11.6. The van der Waals surface area contributed by atoms with E-state index in [-0.39, 0.29) is 17.4 Å². The van der Waals surface area contributed by atoms with Gasteiger partial charge in [0.15, 0.2) is 9.84 Å². The maximum atomic E-state index is 11.6. The van der Waals surface area contributed by atoms with Crippen LogP contribution in [0.2, 0.25) is 0 Å². The maximum Gasteiger partial charge on any atom is 0.151 e. The van der Waals surface area contributed by atoms with Gasteiger partial charge in [-0.25, -0.2) is 18.4 Å². The second-order valence-electron chi connectivity index (χ2n) is 5.55. The van der Waals surface area contributed by atoms with Gasteiger partial charge in [-0.05, 0) is 32.1 Å². The SMILES string of the molecule is Nc1nc(C2CCS(=O)(=O)C2)nc2c1CCCCC2. The molecule has 2 heterocycles. The lowest BCUT2D eigenvalue weighted by molar-refractivity contribution is 0.601. The molecule has 1 aromatic rings. The van der Waals surface area contributed by atoms with Crippen LogP contribution in [0.25, 0.3) is 0 Å². The standard InChI is InChI=1S/C13H19N3O2S/c14-12-10-4-2-1-3-5-11(10)15-13(16-12)9-6-7-19(17,18)8-9/h9H,1-8H2,(H2,14,15,16). The van der Waals surface area contributed by atoms with E-state index in [0.29, 0.717) is 18.1 Å². The van der Waals surface area contributed by atoms with E-state index in [4.69, 9.17) is 5.73 Å². The first-order valence-corrected chi connectivity index (χ1v) is 8.73. The molecule has 1 aliphatic heterocycles. The molecule has 3 rings (SSSR count). The average Bonchev–Trinajstić information content (AvgIpc) is 2.59. The van der Waals surface area contributed by atoms with E-state index < -0.39 is 9.84 Å². The van der Waals surface area contributed by atoms with Gasteiger partial charge in [-0.15, -0.1) is 0 Å². The minimum absolute atomic E-state index is 0.0687. The summed E-state index contributed by atoms with van der Waals surface area (Å²) in [6.45, 7) is 0. The molecule has 1 atom stereocenters. The number of hydrogen-bond donors (Lipinski definition) is 1. The van der Waals surface area contributed by atoms with Crippen molar-refractivity contribution in [1.29, 1.82) is 0 Å². The van der Waals surface area contributed by atoms with Crippen molar-refractivity contribution >= 4 is 15.7 Å². The molecule has 0 saturated carbocycles. The van der Waals surface area contributed by atoms with Crippen molar-refractivity contribution < 1.29 is 8.42 Å². The highest BCUT2D eigenvalue weighted by atomic mass is 32.2. The molecule has 0 radical (unpaired) electrons. The Balaban J connectivity index is 1.96. The van der Waals surface area contributed by atoms with Crippen molar-refractivity contribution in [3.63, 3.8) is 0 Å². The Morgan fingerprint density at radius 3 is 2.63 bits per heavy atom. The molecule has 1 aromatic heterocycles. The van der Waals surface area contributed by atoms with Crippen LogP contribution < -0.4 is 5.73 Å². The van der Waals surface area contributed by atoms with E-state index in [0.717, 1.165) is 36.9 Å². The summed E-state index contributed by atoms with van der Waals surface area (Å²) in [5.41, 5.74) is 8.18. The van der Waals surface area contributed by atoms with Crippen LogP contribution >= 0.6 is 0 Å². The van der Waals surface area contributed by atoms with Crippen LogP contribution in [0.15, 0.2) is 0 Å². The third kappa shape index (κ3) is 2.59. The molecule has 6 heteroatoms. The van der Waals surface area contributed by atoms with Gasteiger partial charge >= 0.3 is 0 Å². The van der Waals surface area contributed by atoms with Gasteiger partial charge in [0.25, 0.3) is 0 Å². The number of hydrogen-bond acceptors (Lipinski definition) is 5. The molecule has 104 valence electrons. The smallest absolute Gasteiger partial charge is 0.151 e. The lowest BCUT2D eigenvalue weighted by atomic mass is 10.1. The number of fused-ring (bicyclic) bond motifs is 1. The summed E-state index contributed by atoms with van der Waals surface area (Å²) in [4.78, 5) is 9.00. The highest BCUT2D eigenvalue weighted by molar-refractivity contribution is 7.91. The molecule has 19 heavy (non-hydrogen) atoms. The third-order valence-corrected chi connectivity index (χ3v) is 5.85. The first kappa shape index (κ1) is 12.8. The van der Waals surface area contributed by atoms with Crippen molar-refractivity contribution in [1.82, 2.24) is 9.97 Å². The van der Waals surface area contributed by atoms with Crippen LogP contribution in [0, 0.1) is 0 Å². The van der Waals surface area contributed by atoms with Crippen LogP contribution in [0.5, 0.6) is 0 Å². The average molecular weight is 281 g/mol. The molecule has 1 fully saturated rings. The number of rotatable bonds is 1. The van der Waals surface area contributed by atoms with Gasteiger partial charge in [0.1, 0.15) is 11.6 Å². The normalized spacial score (nSPS) is 25.8. The summed E-state index contributed by atoms with van der Waals surface area (Å²) < 4.78 is 23.1. The fourth-order valence-corrected chi connectivity index (χ4v) is 4.74. The van der Waals surface area contributed by atoms with Crippen LogP contribution in [-0.2, 0) is 22.7 Å². The molecule has 0 aromatic carbocycles. The summed E-state index contributed by atoms with van der Waals surface area (Å²) in [6, 6.07) is 0. The second-order valence-corrected chi connectivity index (χ2v) is 7.78. The number of nitrogens with zero attached hydrogens (tertiary/aromatic N) is 2. The molecule has 0 spiro atoms.